The second-order valence-electron chi connectivity index (χ2n) is 3.83. The molecule has 0 radical (unpaired) electrons. The van der Waals surface area contributed by atoms with E-state index in [1.807, 2.05) is 13.8 Å². The third kappa shape index (κ3) is 8.26. The maximum absolute atomic E-state index is 11.4. The molecule has 0 saturated carbocycles. The van der Waals surface area contributed by atoms with Crippen molar-refractivity contribution in [2.45, 2.75) is 20.3 Å². The van der Waals surface area contributed by atoms with Crippen molar-refractivity contribution in [1.29, 1.82) is 0 Å². The van der Waals surface area contributed by atoms with Gasteiger partial charge in [0.15, 0.2) is 9.84 Å². The van der Waals surface area contributed by atoms with Gasteiger partial charge in [-0.1, -0.05) is 19.9 Å². The molecule has 0 amide bonds. The van der Waals surface area contributed by atoms with Crippen LogP contribution >= 0.6 is 0 Å². The van der Waals surface area contributed by atoms with E-state index in [9.17, 15) is 8.42 Å². The average molecular weight is 219 g/mol. The second-order valence-corrected chi connectivity index (χ2v) is 6.13. The van der Waals surface area contributed by atoms with Gasteiger partial charge in [-0.05, 0) is 12.3 Å². The van der Waals surface area contributed by atoms with Crippen LogP contribution in [0.5, 0.6) is 0 Å². The Morgan fingerprint density at radius 1 is 1.36 bits per heavy atom. The van der Waals surface area contributed by atoms with Gasteiger partial charge in [0.1, 0.15) is 0 Å². The highest BCUT2D eigenvalue weighted by Gasteiger charge is 2.10. The highest BCUT2D eigenvalue weighted by atomic mass is 32.2. The summed E-state index contributed by atoms with van der Waals surface area (Å²) in [6.07, 6.45) is 2.48. The van der Waals surface area contributed by atoms with Gasteiger partial charge >= 0.3 is 0 Å². The number of rotatable bonds is 8. The largest absolute Gasteiger partial charge is 0.312 e. The first-order chi connectivity index (χ1) is 6.48. The quantitative estimate of drug-likeness (QED) is 0.493. The van der Waals surface area contributed by atoms with Gasteiger partial charge in [0, 0.05) is 13.1 Å². The van der Waals surface area contributed by atoms with Gasteiger partial charge in [-0.3, -0.25) is 0 Å². The van der Waals surface area contributed by atoms with Gasteiger partial charge in [-0.25, -0.2) is 8.42 Å². The first-order valence-electron chi connectivity index (χ1n) is 5.00. The van der Waals surface area contributed by atoms with Gasteiger partial charge in [-0.2, -0.15) is 0 Å². The molecule has 0 rings (SSSR count). The summed E-state index contributed by atoms with van der Waals surface area (Å²) in [6, 6.07) is 0. The van der Waals surface area contributed by atoms with Gasteiger partial charge in [0.05, 0.1) is 11.5 Å². The van der Waals surface area contributed by atoms with Gasteiger partial charge in [0.2, 0.25) is 0 Å². The highest BCUT2D eigenvalue weighted by Crippen LogP contribution is 2.02. The van der Waals surface area contributed by atoms with E-state index in [0.717, 1.165) is 6.42 Å². The van der Waals surface area contributed by atoms with Gasteiger partial charge < -0.3 is 5.32 Å². The molecule has 0 aromatic heterocycles. The average Bonchev–Trinajstić information content (AvgIpc) is 2.10. The van der Waals surface area contributed by atoms with E-state index in [-0.39, 0.29) is 5.75 Å². The summed E-state index contributed by atoms with van der Waals surface area (Å²) in [7, 11) is -2.85. The lowest BCUT2D eigenvalue weighted by Gasteiger charge is -2.06. The molecule has 0 unspecified atom stereocenters. The number of hydrogen-bond donors (Lipinski definition) is 1. The maximum Gasteiger partial charge on any atom is 0.151 e. The molecule has 3 nitrogen and oxygen atoms in total. The molecule has 0 aromatic carbocycles. The molecular formula is C10H21NO2S. The van der Waals surface area contributed by atoms with Crippen molar-refractivity contribution in [2.75, 3.05) is 24.6 Å². The lowest BCUT2D eigenvalue weighted by Crippen LogP contribution is -2.24. The minimum atomic E-state index is -2.85. The molecular weight excluding hydrogens is 198 g/mol. The van der Waals surface area contributed by atoms with Crippen molar-refractivity contribution in [3.63, 3.8) is 0 Å². The Labute approximate surface area is 87.5 Å². The first kappa shape index (κ1) is 13.7. The molecule has 0 atom stereocenters. The van der Waals surface area contributed by atoms with Crippen LogP contribution in [0.1, 0.15) is 20.3 Å². The second kappa shape index (κ2) is 7.01. The SMILES string of the molecule is C=CCNCCS(=O)(=O)CCC(C)C. The van der Waals surface area contributed by atoms with Crippen LogP contribution in [0.3, 0.4) is 0 Å². The van der Waals surface area contributed by atoms with Crippen molar-refractivity contribution in [3.8, 4) is 0 Å². The fourth-order valence-corrected chi connectivity index (χ4v) is 2.44. The van der Waals surface area contributed by atoms with Gasteiger partial charge in [0.25, 0.3) is 0 Å². The smallest absolute Gasteiger partial charge is 0.151 e. The lowest BCUT2D eigenvalue weighted by molar-refractivity contribution is 0.571. The Hall–Kier alpha value is -0.350. The molecule has 0 aliphatic carbocycles. The van der Waals surface area contributed by atoms with E-state index in [1.54, 1.807) is 6.08 Å². The molecule has 1 N–H and O–H groups in total. The lowest BCUT2D eigenvalue weighted by atomic mass is 10.2. The molecule has 0 aliphatic heterocycles. The van der Waals surface area contributed by atoms with Crippen LogP contribution in [-0.2, 0) is 9.84 Å². The number of nitrogens with one attached hydrogen (secondary N) is 1. The fourth-order valence-electron chi connectivity index (χ4n) is 0.949. The van der Waals surface area contributed by atoms with Crippen LogP contribution in [0, 0.1) is 5.92 Å². The number of sulfone groups is 1. The predicted octanol–water partition coefficient (Wildman–Crippen LogP) is 1.22. The fraction of sp³-hybridized carbons (Fsp3) is 0.800. The molecule has 0 saturated heterocycles. The Balaban J connectivity index is 3.67. The minimum Gasteiger partial charge on any atom is -0.312 e. The van der Waals surface area contributed by atoms with Crippen LogP contribution in [0.25, 0.3) is 0 Å². The van der Waals surface area contributed by atoms with E-state index in [1.165, 1.54) is 0 Å². The molecule has 14 heavy (non-hydrogen) atoms. The zero-order chi connectivity index (χ0) is 11.0. The van der Waals surface area contributed by atoms with Crippen LogP contribution in [0.2, 0.25) is 0 Å². The summed E-state index contributed by atoms with van der Waals surface area (Å²) in [5, 5.41) is 2.98. The Morgan fingerprint density at radius 2 is 2.00 bits per heavy atom. The molecule has 0 aromatic rings. The molecule has 0 bridgehead atoms. The molecule has 84 valence electrons. The summed E-state index contributed by atoms with van der Waals surface area (Å²) in [5.74, 6) is 0.986. The van der Waals surface area contributed by atoms with Crippen LogP contribution in [0.4, 0.5) is 0 Å². The summed E-state index contributed by atoms with van der Waals surface area (Å²) < 4.78 is 22.9. The summed E-state index contributed by atoms with van der Waals surface area (Å²) in [6.45, 7) is 8.80. The van der Waals surface area contributed by atoms with Crippen LogP contribution < -0.4 is 5.32 Å². The summed E-state index contributed by atoms with van der Waals surface area (Å²) in [4.78, 5) is 0. The summed E-state index contributed by atoms with van der Waals surface area (Å²) in [5.41, 5.74) is 0. The third-order valence-corrected chi connectivity index (χ3v) is 3.57. The zero-order valence-corrected chi connectivity index (χ0v) is 9.94. The van der Waals surface area contributed by atoms with E-state index in [4.69, 9.17) is 0 Å². The van der Waals surface area contributed by atoms with Gasteiger partial charge in [-0.15, -0.1) is 6.58 Å². The monoisotopic (exact) mass is 219 g/mol. The Kier molecular flexibility index (Phi) is 6.83. The van der Waals surface area contributed by atoms with Crippen molar-refractivity contribution in [2.24, 2.45) is 5.92 Å². The number of hydrogen-bond acceptors (Lipinski definition) is 3. The molecule has 0 fully saturated rings. The normalized spacial score (nSPS) is 11.9. The standard InChI is InChI=1S/C10H21NO2S/c1-4-6-11-7-9-14(12,13)8-5-10(2)3/h4,10-11H,1,5-9H2,2-3H3. The zero-order valence-electron chi connectivity index (χ0n) is 9.12. The van der Waals surface area contributed by atoms with Crippen molar-refractivity contribution >= 4 is 9.84 Å². The van der Waals surface area contributed by atoms with Crippen molar-refractivity contribution in [3.05, 3.63) is 12.7 Å². The van der Waals surface area contributed by atoms with Crippen molar-refractivity contribution < 1.29 is 8.42 Å². The molecule has 0 heterocycles. The third-order valence-electron chi connectivity index (χ3n) is 1.88. The summed E-state index contributed by atoms with van der Waals surface area (Å²) >= 11 is 0. The van der Waals surface area contributed by atoms with E-state index in [0.29, 0.717) is 24.8 Å². The van der Waals surface area contributed by atoms with E-state index in [2.05, 4.69) is 11.9 Å². The highest BCUT2D eigenvalue weighted by molar-refractivity contribution is 7.91. The Bertz CT molecular complexity index is 245. The molecule has 0 spiro atoms. The Morgan fingerprint density at radius 3 is 2.50 bits per heavy atom. The van der Waals surface area contributed by atoms with Crippen LogP contribution in [-0.4, -0.2) is 33.0 Å². The van der Waals surface area contributed by atoms with E-state index >= 15 is 0 Å². The minimum absolute atomic E-state index is 0.230. The first-order valence-corrected chi connectivity index (χ1v) is 6.82. The predicted molar refractivity (Wildman–Crippen MR) is 61.2 cm³/mol. The molecule has 0 aliphatic rings. The van der Waals surface area contributed by atoms with Crippen LogP contribution in [0.15, 0.2) is 12.7 Å². The van der Waals surface area contributed by atoms with Crippen molar-refractivity contribution in [1.82, 2.24) is 5.32 Å². The maximum atomic E-state index is 11.4. The topological polar surface area (TPSA) is 46.2 Å². The van der Waals surface area contributed by atoms with E-state index < -0.39 is 9.84 Å². The molecule has 4 heteroatoms.